The Kier molecular flexibility index (Phi) is 8.70. The third kappa shape index (κ3) is 5.78. The SMILES string of the molecule is CC(C)c1nc2c(c3c1[C@@H](c1ccc(C(F)(F)F)c(C#N)c1)OC31CCOCC1I)C(O[Si](C)(C)C(C)(C)C)CC(C)(C)C2. The third-order valence-corrected chi connectivity index (χ3v) is 15.9. The summed E-state index contributed by atoms with van der Waals surface area (Å²) in [5.41, 5.74) is 3.48. The fraction of sp³-hybridized carbons (Fsp3) is 0.647. The maximum absolute atomic E-state index is 13.8. The number of rotatable bonds is 4. The molecule has 0 amide bonds. The molecule has 0 bridgehead atoms. The molecule has 3 aliphatic rings. The molecular formula is C34H44F3IN2O3Si. The van der Waals surface area contributed by atoms with Gasteiger partial charge in [-0.3, -0.25) is 4.98 Å². The second kappa shape index (κ2) is 11.3. The van der Waals surface area contributed by atoms with Crippen LogP contribution in [-0.2, 0) is 32.1 Å². The van der Waals surface area contributed by atoms with E-state index in [1.165, 1.54) is 12.1 Å². The van der Waals surface area contributed by atoms with Crippen LogP contribution in [0.1, 0.15) is 124 Å². The van der Waals surface area contributed by atoms with Gasteiger partial charge in [0, 0.05) is 41.1 Å². The van der Waals surface area contributed by atoms with Gasteiger partial charge in [-0.15, -0.1) is 0 Å². The second-order valence-corrected chi connectivity index (χ2v) is 21.6. The first-order valence-corrected chi connectivity index (χ1v) is 19.6. The van der Waals surface area contributed by atoms with Crippen molar-refractivity contribution in [3.8, 4) is 6.07 Å². The van der Waals surface area contributed by atoms with Crippen molar-refractivity contribution in [1.29, 1.82) is 5.26 Å². The van der Waals surface area contributed by atoms with Crippen LogP contribution in [0.2, 0.25) is 18.1 Å². The Morgan fingerprint density at radius 1 is 1.16 bits per heavy atom. The van der Waals surface area contributed by atoms with Crippen molar-refractivity contribution in [1.82, 2.24) is 4.98 Å². The van der Waals surface area contributed by atoms with Gasteiger partial charge in [0.05, 0.1) is 33.8 Å². The third-order valence-electron chi connectivity index (χ3n) is 10.1. The maximum Gasteiger partial charge on any atom is 0.417 e. The van der Waals surface area contributed by atoms with Crippen molar-refractivity contribution in [3.05, 3.63) is 63.0 Å². The average molecular weight is 741 g/mol. The van der Waals surface area contributed by atoms with E-state index >= 15 is 0 Å². The molecule has 0 saturated carbocycles. The highest BCUT2D eigenvalue weighted by Crippen LogP contribution is 2.60. The predicted molar refractivity (Wildman–Crippen MR) is 175 cm³/mol. The number of hydrogen-bond acceptors (Lipinski definition) is 5. The minimum atomic E-state index is -4.63. The molecule has 1 spiro atoms. The Balaban J connectivity index is 1.82. The molecule has 4 atom stereocenters. The van der Waals surface area contributed by atoms with Crippen LogP contribution < -0.4 is 0 Å². The minimum Gasteiger partial charge on any atom is -0.410 e. The molecule has 1 aliphatic carbocycles. The van der Waals surface area contributed by atoms with Crippen LogP contribution in [0.5, 0.6) is 0 Å². The summed E-state index contributed by atoms with van der Waals surface area (Å²) < 4.78 is 61.7. The van der Waals surface area contributed by atoms with Crippen LogP contribution in [0.4, 0.5) is 13.2 Å². The molecule has 0 radical (unpaired) electrons. The van der Waals surface area contributed by atoms with Crippen LogP contribution in [0, 0.1) is 16.7 Å². The van der Waals surface area contributed by atoms with Gasteiger partial charge in [0.15, 0.2) is 8.32 Å². The molecule has 2 aliphatic heterocycles. The average Bonchev–Trinajstić information content (AvgIpc) is 3.22. The van der Waals surface area contributed by atoms with E-state index in [4.69, 9.17) is 18.9 Å². The van der Waals surface area contributed by atoms with Gasteiger partial charge in [-0.25, -0.2) is 0 Å². The Bertz CT molecular complexity index is 1490. The number of pyridine rings is 1. The highest BCUT2D eigenvalue weighted by molar-refractivity contribution is 14.1. The van der Waals surface area contributed by atoms with Gasteiger partial charge in [0.2, 0.25) is 0 Å². The molecule has 3 unspecified atom stereocenters. The number of fused-ring (bicyclic) bond motifs is 4. The number of nitrogens with zero attached hydrogens (tertiary/aromatic N) is 2. The lowest BCUT2D eigenvalue weighted by Gasteiger charge is -2.47. The first-order chi connectivity index (χ1) is 20.2. The molecule has 1 saturated heterocycles. The summed E-state index contributed by atoms with van der Waals surface area (Å²) in [4.78, 5) is 5.38. The van der Waals surface area contributed by atoms with Crippen LogP contribution in [-0.4, -0.2) is 30.4 Å². The number of benzene rings is 1. The van der Waals surface area contributed by atoms with Gasteiger partial charge in [0.1, 0.15) is 11.7 Å². The second-order valence-electron chi connectivity index (χ2n) is 15.3. The number of alkyl halides is 4. The van der Waals surface area contributed by atoms with Crippen LogP contribution >= 0.6 is 22.6 Å². The van der Waals surface area contributed by atoms with Crippen molar-refractivity contribution in [2.24, 2.45) is 5.41 Å². The number of nitriles is 1. The Morgan fingerprint density at radius 2 is 1.84 bits per heavy atom. The molecule has 0 N–H and O–H groups in total. The van der Waals surface area contributed by atoms with Crippen molar-refractivity contribution in [3.63, 3.8) is 0 Å². The largest absolute Gasteiger partial charge is 0.417 e. The highest BCUT2D eigenvalue weighted by atomic mass is 127. The van der Waals surface area contributed by atoms with E-state index in [0.717, 1.165) is 47.0 Å². The predicted octanol–water partition coefficient (Wildman–Crippen LogP) is 9.67. The molecule has 44 heavy (non-hydrogen) atoms. The normalized spacial score (nSPS) is 26.9. The molecule has 5 nitrogen and oxygen atoms in total. The van der Waals surface area contributed by atoms with Crippen LogP contribution in [0.3, 0.4) is 0 Å². The highest BCUT2D eigenvalue weighted by Gasteiger charge is 2.57. The Hall–Kier alpha value is -1.52. The van der Waals surface area contributed by atoms with E-state index < -0.39 is 37.3 Å². The molecule has 240 valence electrons. The van der Waals surface area contributed by atoms with Crippen molar-refractivity contribution in [2.75, 3.05) is 13.2 Å². The van der Waals surface area contributed by atoms with E-state index in [1.54, 1.807) is 6.07 Å². The van der Waals surface area contributed by atoms with Crippen LogP contribution in [0.25, 0.3) is 0 Å². The standard InChI is InChI=1S/C34H44F3IN2O3Si/c1-19(2)29-27-28(26-23(40-29)15-32(6,7)16-24(26)43-44(8,9)31(3,4)5)33(12-13-41-18-25(33)38)42-30(27)20-10-11-22(34(35,36)37)21(14-20)17-39/h10-11,14,19,24-25,30H,12-13,15-16,18H2,1-9H3/t24?,25?,30-,33?/m1/s1. The zero-order valence-corrected chi connectivity index (χ0v) is 30.4. The summed E-state index contributed by atoms with van der Waals surface area (Å²) >= 11 is 2.42. The summed E-state index contributed by atoms with van der Waals surface area (Å²) in [7, 11) is -2.22. The van der Waals surface area contributed by atoms with E-state index in [-0.39, 0.29) is 26.4 Å². The number of halogens is 4. The quantitative estimate of drug-likeness (QED) is 0.178. The monoisotopic (exact) mass is 740 g/mol. The summed E-state index contributed by atoms with van der Waals surface area (Å²) in [6, 6.07) is 5.62. The number of aromatic nitrogens is 1. The van der Waals surface area contributed by atoms with E-state index in [2.05, 4.69) is 84.2 Å². The Labute approximate surface area is 274 Å². The fourth-order valence-corrected chi connectivity index (χ4v) is 9.12. The van der Waals surface area contributed by atoms with E-state index in [9.17, 15) is 18.4 Å². The zero-order valence-electron chi connectivity index (χ0n) is 27.2. The number of hydrogen-bond donors (Lipinski definition) is 0. The van der Waals surface area contributed by atoms with Gasteiger partial charge in [-0.2, -0.15) is 18.4 Å². The summed E-state index contributed by atoms with van der Waals surface area (Å²) in [6.07, 6.45) is -3.24. The molecule has 2 aromatic rings. The molecule has 10 heteroatoms. The Morgan fingerprint density at radius 3 is 2.41 bits per heavy atom. The van der Waals surface area contributed by atoms with Crippen LogP contribution in [0.15, 0.2) is 18.2 Å². The van der Waals surface area contributed by atoms with E-state index in [0.29, 0.717) is 25.2 Å². The van der Waals surface area contributed by atoms with Gasteiger partial charge in [0.25, 0.3) is 0 Å². The smallest absolute Gasteiger partial charge is 0.410 e. The number of ether oxygens (including phenoxy) is 2. The first kappa shape index (κ1) is 33.8. The van der Waals surface area contributed by atoms with Gasteiger partial charge < -0.3 is 13.9 Å². The van der Waals surface area contributed by atoms with E-state index in [1.807, 2.05) is 0 Å². The maximum atomic E-state index is 13.8. The molecular weight excluding hydrogens is 696 g/mol. The first-order valence-electron chi connectivity index (χ1n) is 15.5. The lowest BCUT2D eigenvalue weighted by Crippen LogP contribution is -2.47. The summed E-state index contributed by atoms with van der Waals surface area (Å²) in [5.74, 6) is 0.0393. The topological polar surface area (TPSA) is 64.4 Å². The molecule has 5 rings (SSSR count). The molecule has 3 heterocycles. The van der Waals surface area contributed by atoms with Crippen molar-refractivity contribution >= 4 is 30.9 Å². The van der Waals surface area contributed by atoms with Gasteiger partial charge in [-0.1, -0.05) is 77.1 Å². The summed E-state index contributed by atoms with van der Waals surface area (Å²) in [6.45, 7) is 21.1. The molecule has 1 aromatic carbocycles. The van der Waals surface area contributed by atoms with Gasteiger partial charge in [-0.05, 0) is 60.0 Å². The van der Waals surface area contributed by atoms with Gasteiger partial charge >= 0.3 is 6.18 Å². The van der Waals surface area contributed by atoms with Crippen molar-refractivity contribution in [2.45, 2.75) is 120 Å². The fourth-order valence-electron chi connectivity index (χ4n) is 6.83. The lowest BCUT2D eigenvalue weighted by molar-refractivity contribution is -0.137. The lowest BCUT2D eigenvalue weighted by atomic mass is 9.70. The molecule has 1 aromatic heterocycles. The zero-order chi connectivity index (χ0) is 32.6. The minimum absolute atomic E-state index is 0.00164. The summed E-state index contributed by atoms with van der Waals surface area (Å²) in [5, 5.41) is 9.75. The molecule has 1 fully saturated rings. The van der Waals surface area contributed by atoms with Crippen molar-refractivity contribution < 1.29 is 27.1 Å².